The predicted octanol–water partition coefficient (Wildman–Crippen LogP) is 2.98. The molecule has 0 aliphatic carbocycles. The molecule has 0 unspecified atom stereocenters. The van der Waals surface area contributed by atoms with E-state index in [-0.39, 0.29) is 21.4 Å². The maximum Gasteiger partial charge on any atom is 0.330 e. The number of benzene rings is 2. The first kappa shape index (κ1) is 17.4. The Bertz CT molecular complexity index is 1090. The number of halogens is 2. The highest BCUT2D eigenvalue weighted by atomic mass is 35.5. The highest BCUT2D eigenvalue weighted by Crippen LogP contribution is 2.35. The lowest BCUT2D eigenvalue weighted by Gasteiger charge is -2.11. The van der Waals surface area contributed by atoms with Gasteiger partial charge in [-0.15, -0.1) is 0 Å². The first-order chi connectivity index (χ1) is 11.8. The first-order valence-corrected chi connectivity index (χ1v) is 9.09. The van der Waals surface area contributed by atoms with Gasteiger partial charge in [0.1, 0.15) is 4.90 Å². The molecule has 0 spiro atoms. The van der Waals surface area contributed by atoms with Gasteiger partial charge in [-0.2, -0.15) is 0 Å². The van der Waals surface area contributed by atoms with E-state index in [1.165, 1.54) is 29.0 Å². The Labute approximate surface area is 152 Å². The van der Waals surface area contributed by atoms with Gasteiger partial charge in [0.2, 0.25) is 0 Å². The summed E-state index contributed by atoms with van der Waals surface area (Å²) in [5.74, 6) is -0.589. The second kappa shape index (κ2) is 6.47. The van der Waals surface area contributed by atoms with Gasteiger partial charge in [-0.05, 0) is 36.4 Å². The number of sulfonamides is 1. The van der Waals surface area contributed by atoms with Gasteiger partial charge in [0.15, 0.2) is 5.75 Å². The molecule has 7 nitrogen and oxygen atoms in total. The fourth-order valence-electron chi connectivity index (χ4n) is 2.17. The van der Waals surface area contributed by atoms with Crippen LogP contribution >= 0.6 is 23.2 Å². The number of H-pyrrole nitrogens is 1. The second-order valence-corrected chi connectivity index (χ2v) is 7.52. The number of imidazole rings is 1. The number of anilines is 1. The van der Waals surface area contributed by atoms with Crippen LogP contribution in [-0.2, 0) is 10.0 Å². The minimum atomic E-state index is -4.11. The summed E-state index contributed by atoms with van der Waals surface area (Å²) < 4.78 is 28.6. The molecule has 3 N–H and O–H groups in total. The van der Waals surface area contributed by atoms with Crippen LogP contribution in [0.15, 0.2) is 58.5 Å². The van der Waals surface area contributed by atoms with Gasteiger partial charge in [-0.1, -0.05) is 23.2 Å². The van der Waals surface area contributed by atoms with E-state index < -0.39 is 20.7 Å². The van der Waals surface area contributed by atoms with Crippen LogP contribution in [-0.4, -0.2) is 23.1 Å². The number of aromatic nitrogens is 2. The molecule has 1 heterocycles. The molecule has 130 valence electrons. The molecule has 10 heteroatoms. The molecule has 1 aromatic heterocycles. The fourth-order valence-corrected chi connectivity index (χ4v) is 3.99. The lowest BCUT2D eigenvalue weighted by atomic mass is 10.3. The molecular weight excluding hydrogens is 389 g/mol. The van der Waals surface area contributed by atoms with Crippen LogP contribution in [0, 0.1) is 0 Å². The van der Waals surface area contributed by atoms with Gasteiger partial charge < -0.3 is 10.1 Å². The predicted molar refractivity (Wildman–Crippen MR) is 95.3 cm³/mol. The number of aromatic hydroxyl groups is 1. The van der Waals surface area contributed by atoms with Crippen LogP contribution in [0.25, 0.3) is 5.69 Å². The Morgan fingerprint density at radius 1 is 1.12 bits per heavy atom. The summed E-state index contributed by atoms with van der Waals surface area (Å²) in [5, 5.41) is 9.79. The standard InChI is InChI=1S/C15H11Cl2N3O4S/c16-9-7-12(17)14(21)13(8-9)25(23,24)19-10-1-3-11(4-2-10)20-6-5-18-15(20)22/h1-8,19,21H,(H,18,22). The second-order valence-electron chi connectivity index (χ2n) is 5.02. The molecule has 0 bridgehead atoms. The zero-order chi connectivity index (χ0) is 18.2. The number of aromatic amines is 1. The molecule has 0 saturated heterocycles. The molecule has 0 amide bonds. The maximum atomic E-state index is 12.4. The molecule has 2 aromatic carbocycles. The number of hydrogen-bond donors (Lipinski definition) is 3. The quantitative estimate of drug-likeness (QED) is 0.626. The van der Waals surface area contributed by atoms with E-state index in [4.69, 9.17) is 23.2 Å². The van der Waals surface area contributed by atoms with Crippen molar-refractivity contribution in [1.82, 2.24) is 9.55 Å². The zero-order valence-electron chi connectivity index (χ0n) is 12.4. The van der Waals surface area contributed by atoms with Crippen molar-refractivity contribution < 1.29 is 13.5 Å². The lowest BCUT2D eigenvalue weighted by molar-refractivity contribution is 0.459. The van der Waals surface area contributed by atoms with Crippen molar-refractivity contribution in [3.05, 3.63) is 69.3 Å². The summed E-state index contributed by atoms with van der Waals surface area (Å²) in [5.41, 5.74) is 0.484. The Hall–Kier alpha value is -2.42. The molecule has 0 radical (unpaired) electrons. The van der Waals surface area contributed by atoms with Crippen LogP contribution in [0.2, 0.25) is 10.0 Å². The Morgan fingerprint density at radius 2 is 1.80 bits per heavy atom. The minimum absolute atomic E-state index is 0.0744. The third-order valence-electron chi connectivity index (χ3n) is 3.33. The third kappa shape index (κ3) is 3.51. The van der Waals surface area contributed by atoms with E-state index in [0.717, 1.165) is 6.07 Å². The van der Waals surface area contributed by atoms with Crippen molar-refractivity contribution in [2.24, 2.45) is 0 Å². The van der Waals surface area contributed by atoms with Crippen LogP contribution in [0.4, 0.5) is 5.69 Å². The van der Waals surface area contributed by atoms with Crippen LogP contribution < -0.4 is 10.4 Å². The van der Waals surface area contributed by atoms with E-state index in [1.54, 1.807) is 18.3 Å². The summed E-state index contributed by atoms with van der Waals surface area (Å²) in [6.45, 7) is 0. The maximum absolute atomic E-state index is 12.4. The SMILES string of the molecule is O=c1[nH]ccn1-c1ccc(NS(=O)(=O)c2cc(Cl)cc(Cl)c2O)cc1. The first-order valence-electron chi connectivity index (χ1n) is 6.85. The molecule has 3 rings (SSSR count). The molecule has 0 saturated carbocycles. The summed E-state index contributed by atoms with van der Waals surface area (Å²) in [7, 11) is -4.11. The average molecular weight is 400 g/mol. The zero-order valence-corrected chi connectivity index (χ0v) is 14.7. The smallest absolute Gasteiger partial charge is 0.330 e. The number of rotatable bonds is 4. The number of phenols is 1. The van der Waals surface area contributed by atoms with Crippen LogP contribution in [0.3, 0.4) is 0 Å². The van der Waals surface area contributed by atoms with E-state index in [9.17, 15) is 18.3 Å². The summed E-state index contributed by atoms with van der Waals surface area (Å²) in [6, 6.07) is 8.43. The Kier molecular flexibility index (Phi) is 4.51. The summed E-state index contributed by atoms with van der Waals surface area (Å²) in [6.07, 6.45) is 3.04. The van der Waals surface area contributed by atoms with Gasteiger partial charge >= 0.3 is 5.69 Å². The van der Waals surface area contributed by atoms with Crippen molar-refractivity contribution in [1.29, 1.82) is 0 Å². The van der Waals surface area contributed by atoms with Crippen LogP contribution in [0.1, 0.15) is 0 Å². The van der Waals surface area contributed by atoms with E-state index in [2.05, 4.69) is 9.71 Å². The number of nitrogens with zero attached hydrogens (tertiary/aromatic N) is 1. The van der Waals surface area contributed by atoms with E-state index >= 15 is 0 Å². The normalized spacial score (nSPS) is 11.4. The van der Waals surface area contributed by atoms with Crippen molar-refractivity contribution in [3.63, 3.8) is 0 Å². The highest BCUT2D eigenvalue weighted by molar-refractivity contribution is 7.92. The van der Waals surface area contributed by atoms with Crippen LogP contribution in [0.5, 0.6) is 5.75 Å². The van der Waals surface area contributed by atoms with Crippen molar-refractivity contribution in [2.45, 2.75) is 4.90 Å². The molecule has 0 atom stereocenters. The van der Waals surface area contributed by atoms with Gasteiger partial charge in [0, 0.05) is 23.1 Å². The van der Waals surface area contributed by atoms with E-state index in [0.29, 0.717) is 5.69 Å². The topological polar surface area (TPSA) is 104 Å². The van der Waals surface area contributed by atoms with Gasteiger partial charge in [-0.25, -0.2) is 13.2 Å². The van der Waals surface area contributed by atoms with Crippen molar-refractivity contribution in [2.75, 3.05) is 4.72 Å². The number of nitrogens with one attached hydrogen (secondary N) is 2. The fraction of sp³-hybridized carbons (Fsp3) is 0. The number of hydrogen-bond acceptors (Lipinski definition) is 4. The van der Waals surface area contributed by atoms with E-state index in [1.807, 2.05) is 0 Å². The molecule has 0 fully saturated rings. The van der Waals surface area contributed by atoms with Gasteiger partial charge in [0.25, 0.3) is 10.0 Å². The monoisotopic (exact) mass is 399 g/mol. The average Bonchev–Trinajstić information content (AvgIpc) is 2.97. The molecule has 3 aromatic rings. The van der Waals surface area contributed by atoms with Crippen molar-refractivity contribution >= 4 is 38.9 Å². The minimum Gasteiger partial charge on any atom is -0.505 e. The molecule has 25 heavy (non-hydrogen) atoms. The molecule has 0 aliphatic rings. The Morgan fingerprint density at radius 3 is 2.40 bits per heavy atom. The summed E-state index contributed by atoms with van der Waals surface area (Å²) >= 11 is 11.6. The summed E-state index contributed by atoms with van der Waals surface area (Å²) in [4.78, 5) is 13.6. The molecular formula is C15H11Cl2N3O4S. The Balaban J connectivity index is 1.92. The highest BCUT2D eigenvalue weighted by Gasteiger charge is 2.22. The largest absolute Gasteiger partial charge is 0.505 e. The molecule has 0 aliphatic heterocycles. The van der Waals surface area contributed by atoms with Gasteiger partial charge in [-0.3, -0.25) is 9.29 Å². The number of phenolic OH excluding ortho intramolecular Hbond substituents is 1. The van der Waals surface area contributed by atoms with Gasteiger partial charge in [0.05, 0.1) is 10.7 Å². The van der Waals surface area contributed by atoms with Crippen molar-refractivity contribution in [3.8, 4) is 11.4 Å². The lowest BCUT2D eigenvalue weighted by Crippen LogP contribution is -2.15. The third-order valence-corrected chi connectivity index (χ3v) is 5.23.